The van der Waals surface area contributed by atoms with Crippen LogP contribution in [0, 0.1) is 0 Å². The Bertz CT molecular complexity index is 1290. The summed E-state index contributed by atoms with van der Waals surface area (Å²) < 4.78 is 5.79. The van der Waals surface area contributed by atoms with Gasteiger partial charge in [-0.2, -0.15) is 0 Å². The van der Waals surface area contributed by atoms with E-state index in [1.54, 1.807) is 60.7 Å². The van der Waals surface area contributed by atoms with Gasteiger partial charge in [-0.1, -0.05) is 53.0 Å². The number of nitrogens with one attached hydrogen (secondary N) is 2. The Morgan fingerprint density at radius 3 is 2.53 bits per heavy atom. The van der Waals surface area contributed by atoms with E-state index >= 15 is 0 Å². The lowest BCUT2D eigenvalue weighted by Crippen LogP contribution is -2.34. The van der Waals surface area contributed by atoms with E-state index < -0.39 is 5.91 Å². The highest BCUT2D eigenvalue weighted by molar-refractivity contribution is 7.80. The Morgan fingerprint density at radius 1 is 0.967 bits per heavy atom. The molecule has 30 heavy (non-hydrogen) atoms. The number of aromatic nitrogens is 1. The van der Waals surface area contributed by atoms with Crippen LogP contribution in [0.3, 0.4) is 0 Å². The SMILES string of the molecule is O=C(NC(=S)Nc1ccc2oc(-c3cccc(Cl)c3Cl)nc2c1)c1ccccc1Cl. The number of carbonyl (C=O) groups excluding carboxylic acids is 1. The molecule has 0 saturated carbocycles. The molecule has 0 saturated heterocycles. The molecule has 0 aliphatic rings. The number of halogens is 3. The maximum Gasteiger partial charge on any atom is 0.258 e. The van der Waals surface area contributed by atoms with Crippen molar-refractivity contribution in [1.29, 1.82) is 0 Å². The normalized spacial score (nSPS) is 10.8. The number of fused-ring (bicyclic) bond motifs is 1. The molecule has 3 aromatic carbocycles. The Morgan fingerprint density at radius 2 is 1.73 bits per heavy atom. The Balaban J connectivity index is 1.52. The Hall–Kier alpha value is -2.64. The summed E-state index contributed by atoms with van der Waals surface area (Å²) in [4.78, 5) is 16.8. The number of oxazole rings is 1. The highest BCUT2D eigenvalue weighted by Crippen LogP contribution is 2.34. The molecule has 0 aliphatic carbocycles. The van der Waals surface area contributed by atoms with Crippen molar-refractivity contribution < 1.29 is 9.21 Å². The quantitative estimate of drug-likeness (QED) is 0.327. The number of nitrogens with zero attached hydrogens (tertiary/aromatic N) is 1. The van der Waals surface area contributed by atoms with Gasteiger partial charge in [0, 0.05) is 5.69 Å². The van der Waals surface area contributed by atoms with Crippen molar-refractivity contribution in [2.24, 2.45) is 0 Å². The summed E-state index contributed by atoms with van der Waals surface area (Å²) in [5.41, 5.74) is 2.71. The standard InChI is InChI=1S/C21H12Cl3N3O2S/c22-14-6-2-1-4-12(14)19(28)27-21(30)25-11-8-9-17-16(10-11)26-20(29-17)13-5-3-7-15(23)18(13)24/h1-10H,(H2,25,27,28,30). The van der Waals surface area contributed by atoms with Gasteiger partial charge in [0.25, 0.3) is 5.91 Å². The third-order valence-electron chi connectivity index (χ3n) is 4.17. The number of hydrogen-bond acceptors (Lipinski definition) is 4. The van der Waals surface area contributed by atoms with Crippen LogP contribution in [-0.2, 0) is 0 Å². The lowest BCUT2D eigenvalue weighted by atomic mass is 10.2. The summed E-state index contributed by atoms with van der Waals surface area (Å²) >= 11 is 23.6. The van der Waals surface area contributed by atoms with Crippen LogP contribution in [0.4, 0.5) is 5.69 Å². The van der Waals surface area contributed by atoms with Gasteiger partial charge in [-0.3, -0.25) is 10.1 Å². The van der Waals surface area contributed by atoms with Crippen LogP contribution >= 0.6 is 47.0 Å². The van der Waals surface area contributed by atoms with E-state index in [-0.39, 0.29) is 5.11 Å². The minimum Gasteiger partial charge on any atom is -0.436 e. The van der Waals surface area contributed by atoms with E-state index in [2.05, 4.69) is 15.6 Å². The van der Waals surface area contributed by atoms with Gasteiger partial charge in [0.1, 0.15) is 5.52 Å². The van der Waals surface area contributed by atoms with Crippen molar-refractivity contribution in [1.82, 2.24) is 10.3 Å². The average molecular weight is 477 g/mol. The largest absolute Gasteiger partial charge is 0.436 e. The summed E-state index contributed by atoms with van der Waals surface area (Å²) in [6, 6.07) is 17.2. The van der Waals surface area contributed by atoms with E-state index in [0.29, 0.717) is 48.9 Å². The second-order valence-corrected chi connectivity index (χ2v) is 7.79. The molecule has 1 amide bonds. The van der Waals surface area contributed by atoms with Crippen LogP contribution in [0.15, 0.2) is 65.1 Å². The molecule has 0 atom stereocenters. The van der Waals surface area contributed by atoms with Crippen molar-refractivity contribution in [2.45, 2.75) is 0 Å². The molecule has 4 aromatic rings. The average Bonchev–Trinajstić information content (AvgIpc) is 3.13. The van der Waals surface area contributed by atoms with Crippen LogP contribution in [0.25, 0.3) is 22.6 Å². The van der Waals surface area contributed by atoms with Gasteiger partial charge in [0.15, 0.2) is 10.7 Å². The maximum atomic E-state index is 12.3. The molecule has 0 spiro atoms. The van der Waals surface area contributed by atoms with Crippen LogP contribution < -0.4 is 10.6 Å². The molecule has 2 N–H and O–H groups in total. The first-order valence-corrected chi connectivity index (χ1v) is 10.2. The van der Waals surface area contributed by atoms with Gasteiger partial charge >= 0.3 is 0 Å². The summed E-state index contributed by atoms with van der Waals surface area (Å²) in [6.45, 7) is 0. The van der Waals surface area contributed by atoms with Crippen LogP contribution in [0.2, 0.25) is 15.1 Å². The van der Waals surface area contributed by atoms with Crippen molar-refractivity contribution in [3.63, 3.8) is 0 Å². The first-order chi connectivity index (χ1) is 14.4. The van der Waals surface area contributed by atoms with Crippen molar-refractivity contribution in [3.8, 4) is 11.5 Å². The predicted molar refractivity (Wildman–Crippen MR) is 125 cm³/mol. The van der Waals surface area contributed by atoms with E-state index in [1.807, 2.05) is 0 Å². The second-order valence-electron chi connectivity index (χ2n) is 6.19. The third-order valence-corrected chi connectivity index (χ3v) is 5.53. The zero-order valence-corrected chi connectivity index (χ0v) is 18.2. The highest BCUT2D eigenvalue weighted by atomic mass is 35.5. The zero-order valence-electron chi connectivity index (χ0n) is 15.1. The van der Waals surface area contributed by atoms with Gasteiger partial charge in [-0.25, -0.2) is 4.98 Å². The van der Waals surface area contributed by atoms with Crippen molar-refractivity contribution >= 4 is 74.8 Å². The fourth-order valence-electron chi connectivity index (χ4n) is 2.77. The van der Waals surface area contributed by atoms with E-state index in [9.17, 15) is 4.79 Å². The molecule has 0 aliphatic heterocycles. The third kappa shape index (κ3) is 4.27. The smallest absolute Gasteiger partial charge is 0.258 e. The molecule has 5 nitrogen and oxygen atoms in total. The molecule has 0 fully saturated rings. The van der Waals surface area contributed by atoms with Gasteiger partial charge in [0.05, 0.1) is 26.2 Å². The fourth-order valence-corrected chi connectivity index (χ4v) is 3.58. The molecule has 4 rings (SSSR count). The highest BCUT2D eigenvalue weighted by Gasteiger charge is 2.15. The number of amides is 1. The first-order valence-electron chi connectivity index (χ1n) is 8.64. The van der Waals surface area contributed by atoms with Crippen LogP contribution in [0.1, 0.15) is 10.4 Å². The summed E-state index contributed by atoms with van der Waals surface area (Å²) in [7, 11) is 0. The van der Waals surface area contributed by atoms with E-state index in [0.717, 1.165) is 0 Å². The second kappa shape index (κ2) is 8.62. The van der Waals surface area contributed by atoms with Crippen LogP contribution in [-0.4, -0.2) is 16.0 Å². The number of benzene rings is 3. The topological polar surface area (TPSA) is 67.2 Å². The molecular weight excluding hydrogens is 465 g/mol. The predicted octanol–water partition coefficient (Wildman–Crippen LogP) is 6.58. The Kier molecular flexibility index (Phi) is 5.92. The first kappa shape index (κ1) is 20.6. The molecular formula is C21H12Cl3N3O2S. The van der Waals surface area contributed by atoms with Crippen molar-refractivity contribution in [2.75, 3.05) is 5.32 Å². The monoisotopic (exact) mass is 475 g/mol. The zero-order chi connectivity index (χ0) is 21.3. The van der Waals surface area contributed by atoms with Crippen molar-refractivity contribution in [3.05, 3.63) is 81.3 Å². The van der Waals surface area contributed by atoms with Gasteiger partial charge in [-0.15, -0.1) is 0 Å². The molecule has 0 unspecified atom stereocenters. The summed E-state index contributed by atoms with van der Waals surface area (Å²) in [5, 5.41) is 6.80. The molecule has 1 aromatic heterocycles. The Labute approximate surface area is 192 Å². The molecule has 150 valence electrons. The molecule has 0 radical (unpaired) electrons. The minimum atomic E-state index is -0.404. The summed E-state index contributed by atoms with van der Waals surface area (Å²) in [6.07, 6.45) is 0. The van der Waals surface area contributed by atoms with Crippen LogP contribution in [0.5, 0.6) is 0 Å². The van der Waals surface area contributed by atoms with Gasteiger partial charge in [-0.05, 0) is 54.7 Å². The lowest BCUT2D eigenvalue weighted by Gasteiger charge is -2.10. The maximum absolute atomic E-state index is 12.3. The number of rotatable bonds is 3. The molecule has 9 heteroatoms. The lowest BCUT2D eigenvalue weighted by molar-refractivity contribution is 0.0978. The fraction of sp³-hybridized carbons (Fsp3) is 0. The van der Waals surface area contributed by atoms with Gasteiger partial charge in [0.2, 0.25) is 5.89 Å². The molecule has 1 heterocycles. The van der Waals surface area contributed by atoms with E-state index in [1.165, 1.54) is 0 Å². The summed E-state index contributed by atoms with van der Waals surface area (Å²) in [5.74, 6) is -0.0530. The number of hydrogen-bond donors (Lipinski definition) is 2. The number of thiocarbonyl (C=S) groups is 1. The number of carbonyl (C=O) groups is 1. The van der Waals surface area contributed by atoms with Gasteiger partial charge < -0.3 is 9.73 Å². The van der Waals surface area contributed by atoms with E-state index in [4.69, 9.17) is 51.4 Å². The minimum absolute atomic E-state index is 0.126. The molecule has 0 bridgehead atoms. The number of anilines is 1.